The number of benzene rings is 1. The molecule has 1 aromatic rings. The molecule has 136 valence electrons. The van der Waals surface area contributed by atoms with Gasteiger partial charge in [-0.15, -0.1) is 12.4 Å². The summed E-state index contributed by atoms with van der Waals surface area (Å²) in [5, 5.41) is 3.40. The lowest BCUT2D eigenvalue weighted by atomic mass is 10.0. The number of piperidine rings is 1. The van der Waals surface area contributed by atoms with Crippen LogP contribution in [-0.4, -0.2) is 26.5 Å². The molecular weight excluding hydrogens is 365 g/mol. The first-order valence-corrected chi connectivity index (χ1v) is 9.29. The lowest BCUT2D eigenvalue weighted by molar-refractivity contribution is -0.138. The maximum Gasteiger partial charge on any atom is 0.416 e. The van der Waals surface area contributed by atoms with E-state index in [1.54, 1.807) is 0 Å². The third-order valence-electron chi connectivity index (χ3n) is 4.49. The van der Waals surface area contributed by atoms with E-state index in [0.717, 1.165) is 18.9 Å². The number of alkyl halides is 3. The van der Waals surface area contributed by atoms with Crippen molar-refractivity contribution in [1.82, 2.24) is 10.0 Å². The highest BCUT2D eigenvalue weighted by molar-refractivity contribution is 7.88. The summed E-state index contributed by atoms with van der Waals surface area (Å²) in [5.74, 6) is -0.651. The van der Waals surface area contributed by atoms with Gasteiger partial charge in [0.05, 0.1) is 11.3 Å². The molecule has 0 saturated carbocycles. The van der Waals surface area contributed by atoms with Crippen molar-refractivity contribution < 1.29 is 21.6 Å². The molecule has 24 heavy (non-hydrogen) atoms. The molecule has 0 spiro atoms. The Labute approximate surface area is 145 Å². The summed E-state index contributed by atoms with van der Waals surface area (Å²) in [7, 11) is -3.81. The third kappa shape index (κ3) is 4.62. The fraction of sp³-hybridized carbons (Fsp3) is 0.600. The van der Waals surface area contributed by atoms with Gasteiger partial charge < -0.3 is 5.32 Å². The van der Waals surface area contributed by atoms with Crippen LogP contribution in [0.15, 0.2) is 24.3 Å². The van der Waals surface area contributed by atoms with E-state index in [1.165, 1.54) is 18.2 Å². The van der Waals surface area contributed by atoms with Crippen LogP contribution >= 0.6 is 12.4 Å². The second-order valence-corrected chi connectivity index (χ2v) is 8.09. The first-order chi connectivity index (χ1) is 10.7. The molecule has 2 aliphatic rings. The lowest BCUT2D eigenvalue weighted by Gasteiger charge is -2.29. The number of nitrogens with one attached hydrogen (secondary N) is 2. The van der Waals surface area contributed by atoms with E-state index in [1.807, 2.05) is 0 Å². The molecule has 2 N–H and O–H groups in total. The predicted molar refractivity (Wildman–Crippen MR) is 87.4 cm³/mol. The molecule has 2 unspecified atom stereocenters. The maximum absolute atomic E-state index is 13.0. The molecular formula is C15H20ClF3N2O2S. The molecule has 2 heterocycles. The van der Waals surface area contributed by atoms with Crippen molar-refractivity contribution in [2.24, 2.45) is 0 Å². The first kappa shape index (κ1) is 19.5. The number of halogens is 4. The summed E-state index contributed by atoms with van der Waals surface area (Å²) in [5.41, 5.74) is -1.11. The minimum absolute atomic E-state index is 0. The minimum Gasteiger partial charge on any atom is -0.311 e. The Morgan fingerprint density at radius 2 is 1.71 bits per heavy atom. The van der Waals surface area contributed by atoms with Crippen LogP contribution in [0, 0.1) is 0 Å². The molecule has 9 heteroatoms. The van der Waals surface area contributed by atoms with E-state index in [2.05, 4.69) is 10.0 Å². The van der Waals surface area contributed by atoms with E-state index in [9.17, 15) is 21.6 Å². The fourth-order valence-corrected chi connectivity index (χ4v) is 5.02. The molecule has 0 aliphatic carbocycles. The number of sulfonamides is 1. The van der Waals surface area contributed by atoms with Crippen LogP contribution in [0.25, 0.3) is 0 Å². The Kier molecular flexibility index (Phi) is 5.84. The van der Waals surface area contributed by atoms with Gasteiger partial charge in [-0.2, -0.15) is 13.2 Å². The molecule has 2 saturated heterocycles. The van der Waals surface area contributed by atoms with Crippen molar-refractivity contribution in [3.05, 3.63) is 35.4 Å². The van der Waals surface area contributed by atoms with E-state index in [0.29, 0.717) is 24.9 Å². The van der Waals surface area contributed by atoms with Crippen LogP contribution in [-0.2, 0) is 22.0 Å². The Morgan fingerprint density at radius 1 is 1.12 bits per heavy atom. The van der Waals surface area contributed by atoms with Gasteiger partial charge in [0.25, 0.3) is 0 Å². The largest absolute Gasteiger partial charge is 0.416 e. The average Bonchev–Trinajstić information content (AvgIpc) is 2.76. The van der Waals surface area contributed by atoms with Gasteiger partial charge >= 0.3 is 6.18 Å². The summed E-state index contributed by atoms with van der Waals surface area (Å²) in [4.78, 5) is 0. The van der Waals surface area contributed by atoms with Crippen LogP contribution < -0.4 is 10.0 Å². The van der Waals surface area contributed by atoms with Gasteiger partial charge in [-0.1, -0.05) is 18.2 Å². The minimum atomic E-state index is -4.56. The zero-order chi connectivity index (χ0) is 16.7. The standard InChI is InChI=1S/C15H19F3N2O2S.ClH/c16-15(17,18)14-4-2-1-3-10(14)9-23(21,22)20-13-7-11-5-6-12(8-13)19-11;/h1-4,11-13,19-20H,5-9H2;1H. The van der Waals surface area contributed by atoms with Crippen molar-refractivity contribution in [3.63, 3.8) is 0 Å². The van der Waals surface area contributed by atoms with Gasteiger partial charge in [-0.25, -0.2) is 13.1 Å². The summed E-state index contributed by atoms with van der Waals surface area (Å²) in [6.07, 6.45) is -1.12. The zero-order valence-corrected chi connectivity index (χ0v) is 14.5. The molecule has 2 atom stereocenters. The smallest absolute Gasteiger partial charge is 0.311 e. The summed E-state index contributed by atoms with van der Waals surface area (Å²) in [6, 6.07) is 5.23. The number of hydrogen-bond donors (Lipinski definition) is 2. The number of rotatable bonds is 4. The molecule has 2 bridgehead atoms. The fourth-order valence-electron chi connectivity index (χ4n) is 3.58. The molecule has 4 nitrogen and oxygen atoms in total. The molecule has 0 radical (unpaired) electrons. The molecule has 3 rings (SSSR count). The van der Waals surface area contributed by atoms with E-state index < -0.39 is 27.5 Å². The van der Waals surface area contributed by atoms with E-state index in [-0.39, 0.29) is 24.0 Å². The highest BCUT2D eigenvalue weighted by Gasteiger charge is 2.37. The molecule has 0 aromatic heterocycles. The molecule has 2 fully saturated rings. The van der Waals surface area contributed by atoms with Crippen LogP contribution in [0.3, 0.4) is 0 Å². The quantitative estimate of drug-likeness (QED) is 0.839. The molecule has 0 amide bonds. The van der Waals surface area contributed by atoms with Crippen molar-refractivity contribution in [3.8, 4) is 0 Å². The van der Waals surface area contributed by atoms with Crippen molar-refractivity contribution in [2.45, 2.75) is 55.7 Å². The summed E-state index contributed by atoms with van der Waals surface area (Å²) in [6.45, 7) is 0. The van der Waals surface area contributed by atoms with Gasteiger partial charge in [0.2, 0.25) is 10.0 Å². The Balaban J connectivity index is 0.00000208. The summed E-state index contributed by atoms with van der Waals surface area (Å²) < 4.78 is 66.1. The first-order valence-electron chi connectivity index (χ1n) is 7.64. The van der Waals surface area contributed by atoms with Crippen molar-refractivity contribution in [1.29, 1.82) is 0 Å². The Morgan fingerprint density at radius 3 is 2.29 bits per heavy atom. The monoisotopic (exact) mass is 384 g/mol. The Bertz CT molecular complexity index is 670. The average molecular weight is 385 g/mol. The van der Waals surface area contributed by atoms with Crippen molar-refractivity contribution >= 4 is 22.4 Å². The summed E-state index contributed by atoms with van der Waals surface area (Å²) >= 11 is 0. The van der Waals surface area contributed by atoms with E-state index in [4.69, 9.17) is 0 Å². The lowest BCUT2D eigenvalue weighted by Crippen LogP contribution is -2.48. The second kappa shape index (κ2) is 7.19. The van der Waals surface area contributed by atoms with Crippen LogP contribution in [0.1, 0.15) is 36.8 Å². The van der Waals surface area contributed by atoms with Crippen LogP contribution in [0.5, 0.6) is 0 Å². The van der Waals surface area contributed by atoms with Crippen LogP contribution in [0.4, 0.5) is 13.2 Å². The van der Waals surface area contributed by atoms with Crippen molar-refractivity contribution in [2.75, 3.05) is 0 Å². The highest BCUT2D eigenvalue weighted by Crippen LogP contribution is 2.33. The molecule has 2 aliphatic heterocycles. The van der Waals surface area contributed by atoms with Gasteiger partial charge in [-0.3, -0.25) is 0 Å². The SMILES string of the molecule is Cl.O=S(=O)(Cc1ccccc1C(F)(F)F)NC1CC2CCC(C1)N2. The van der Waals surface area contributed by atoms with Gasteiger partial charge in [0.15, 0.2) is 0 Å². The third-order valence-corrected chi connectivity index (χ3v) is 5.87. The number of fused-ring (bicyclic) bond motifs is 2. The normalized spacial score (nSPS) is 26.9. The zero-order valence-electron chi connectivity index (χ0n) is 12.8. The van der Waals surface area contributed by atoms with Gasteiger partial charge in [0, 0.05) is 18.1 Å². The maximum atomic E-state index is 13.0. The number of hydrogen-bond acceptors (Lipinski definition) is 3. The van der Waals surface area contributed by atoms with E-state index >= 15 is 0 Å². The Hall–Kier alpha value is -0.830. The van der Waals surface area contributed by atoms with Gasteiger partial charge in [-0.05, 0) is 37.3 Å². The van der Waals surface area contributed by atoms with Gasteiger partial charge in [0.1, 0.15) is 0 Å². The topological polar surface area (TPSA) is 58.2 Å². The van der Waals surface area contributed by atoms with Crippen LogP contribution in [0.2, 0.25) is 0 Å². The second-order valence-electron chi connectivity index (χ2n) is 6.34. The molecule has 1 aromatic carbocycles. The predicted octanol–water partition coefficient (Wildman–Crippen LogP) is 2.83. The highest BCUT2D eigenvalue weighted by atomic mass is 35.5.